The van der Waals surface area contributed by atoms with Crippen LogP contribution in [0.15, 0.2) is 73.6 Å². The van der Waals surface area contributed by atoms with Crippen molar-refractivity contribution in [2.45, 2.75) is 6.18 Å². The second-order valence-electron chi connectivity index (χ2n) is 7.96. The number of rotatable bonds is 8. The number of ether oxygens (including phenoxy) is 2. The lowest BCUT2D eigenvalue weighted by Gasteiger charge is -2.19. The van der Waals surface area contributed by atoms with E-state index in [1.807, 2.05) is 0 Å². The lowest BCUT2D eigenvalue weighted by Crippen LogP contribution is -2.12. The number of aromatic nitrogens is 2. The predicted octanol–water partition coefficient (Wildman–Crippen LogP) is 8.49. The molecule has 4 rings (SSSR count). The summed E-state index contributed by atoms with van der Waals surface area (Å²) < 4.78 is 52.1. The highest BCUT2D eigenvalue weighted by Crippen LogP contribution is 2.46. The molecule has 0 spiro atoms. The molecule has 0 atom stereocenters. The molecule has 4 aromatic rings. The highest BCUT2D eigenvalue weighted by molar-refractivity contribution is 6.41. The minimum atomic E-state index is -4.63. The number of hydrogen-bond donors (Lipinski definition) is 2. The van der Waals surface area contributed by atoms with Gasteiger partial charge in [0.15, 0.2) is 0 Å². The van der Waals surface area contributed by atoms with Crippen LogP contribution in [0.5, 0.6) is 11.5 Å². The molecule has 0 aliphatic heterocycles. The summed E-state index contributed by atoms with van der Waals surface area (Å²) in [7, 11) is 2.96. The summed E-state index contributed by atoms with van der Waals surface area (Å²) in [5.74, 6) is 0.727. The molecular formula is C27H21Cl2F3N4O2. The first-order chi connectivity index (χ1) is 18.1. The van der Waals surface area contributed by atoms with Gasteiger partial charge < -0.3 is 20.1 Å². The Balaban J connectivity index is 1.77. The Morgan fingerprint density at radius 1 is 1.03 bits per heavy atom. The summed E-state index contributed by atoms with van der Waals surface area (Å²) in [5, 5.41) is 6.71. The number of methoxy groups -OCH3 is 2. The van der Waals surface area contributed by atoms with Gasteiger partial charge in [-0.3, -0.25) is 0 Å². The number of nitrogens with one attached hydrogen (secondary N) is 2. The van der Waals surface area contributed by atoms with Crippen LogP contribution in [0.3, 0.4) is 0 Å². The molecule has 2 N–H and O–H groups in total. The van der Waals surface area contributed by atoms with Gasteiger partial charge in [0, 0.05) is 28.9 Å². The number of benzene rings is 3. The average Bonchev–Trinajstić information content (AvgIpc) is 2.89. The number of hydrogen-bond acceptors (Lipinski definition) is 6. The topological polar surface area (TPSA) is 68.3 Å². The van der Waals surface area contributed by atoms with Gasteiger partial charge in [0.1, 0.15) is 11.5 Å². The standard InChI is InChI=1S/C27H21Cl2F3N4O2/c1-5-14(2)34-19-8-6-7-17(27(30,31)32)25(19)36-26-33-13-16-11-15(9-10-18(16)35-26)22-23(28)20(37-3)12-21(38-4)24(22)29/h5-13,34H,1-2H2,3-4H3,(H,33,35,36). The van der Waals surface area contributed by atoms with E-state index in [0.29, 0.717) is 49.3 Å². The van der Waals surface area contributed by atoms with Gasteiger partial charge in [-0.05, 0) is 35.9 Å². The van der Waals surface area contributed by atoms with Gasteiger partial charge in [0.05, 0.1) is 46.7 Å². The third kappa shape index (κ3) is 5.34. The Kier molecular flexibility index (Phi) is 7.71. The summed E-state index contributed by atoms with van der Waals surface area (Å²) in [4.78, 5) is 8.64. The molecule has 38 heavy (non-hydrogen) atoms. The van der Waals surface area contributed by atoms with Crippen molar-refractivity contribution in [3.63, 3.8) is 0 Å². The van der Waals surface area contributed by atoms with Crippen LogP contribution >= 0.6 is 23.2 Å². The lowest BCUT2D eigenvalue weighted by molar-refractivity contribution is -0.136. The quantitative estimate of drug-likeness (QED) is 0.210. The van der Waals surface area contributed by atoms with E-state index in [-0.39, 0.29) is 17.3 Å². The van der Waals surface area contributed by atoms with Crippen molar-refractivity contribution in [2.75, 3.05) is 24.9 Å². The number of nitrogens with zero attached hydrogens (tertiary/aromatic N) is 2. The lowest BCUT2D eigenvalue weighted by atomic mass is 10.0. The van der Waals surface area contributed by atoms with E-state index < -0.39 is 11.7 Å². The zero-order chi connectivity index (χ0) is 27.6. The average molecular weight is 561 g/mol. The van der Waals surface area contributed by atoms with Crippen LogP contribution in [-0.4, -0.2) is 24.2 Å². The molecule has 11 heteroatoms. The van der Waals surface area contributed by atoms with Crippen molar-refractivity contribution in [3.8, 4) is 22.6 Å². The largest absolute Gasteiger partial charge is 0.495 e. The third-order valence-electron chi connectivity index (χ3n) is 5.59. The Morgan fingerprint density at radius 3 is 2.32 bits per heavy atom. The number of fused-ring (bicyclic) bond motifs is 1. The molecule has 0 radical (unpaired) electrons. The summed E-state index contributed by atoms with van der Waals surface area (Å²) in [5.41, 5.74) is 0.932. The van der Waals surface area contributed by atoms with E-state index in [1.165, 1.54) is 38.6 Å². The van der Waals surface area contributed by atoms with Gasteiger partial charge in [-0.2, -0.15) is 13.2 Å². The summed E-state index contributed by atoms with van der Waals surface area (Å²) in [6.45, 7) is 7.29. The molecule has 0 saturated heterocycles. The molecule has 196 valence electrons. The molecule has 0 saturated carbocycles. The first-order valence-corrected chi connectivity index (χ1v) is 11.8. The van der Waals surface area contributed by atoms with Gasteiger partial charge in [-0.15, -0.1) is 0 Å². The highest BCUT2D eigenvalue weighted by Gasteiger charge is 2.35. The Hall–Kier alpha value is -3.95. The Labute approximate surface area is 226 Å². The number of alkyl halides is 3. The number of anilines is 3. The Morgan fingerprint density at radius 2 is 1.71 bits per heavy atom. The van der Waals surface area contributed by atoms with Gasteiger partial charge >= 0.3 is 6.18 Å². The van der Waals surface area contributed by atoms with Crippen molar-refractivity contribution in [1.82, 2.24) is 9.97 Å². The van der Waals surface area contributed by atoms with Crippen LogP contribution in [0.4, 0.5) is 30.5 Å². The fourth-order valence-electron chi connectivity index (χ4n) is 3.75. The van der Waals surface area contributed by atoms with E-state index in [0.717, 1.165) is 6.07 Å². The predicted molar refractivity (Wildman–Crippen MR) is 146 cm³/mol. The van der Waals surface area contributed by atoms with E-state index in [9.17, 15) is 13.2 Å². The molecule has 6 nitrogen and oxygen atoms in total. The number of halogens is 5. The van der Waals surface area contributed by atoms with Crippen LogP contribution in [-0.2, 0) is 6.18 Å². The van der Waals surface area contributed by atoms with Gasteiger partial charge in [0.2, 0.25) is 5.95 Å². The van der Waals surface area contributed by atoms with Crippen LogP contribution < -0.4 is 20.1 Å². The molecule has 0 fully saturated rings. The Bertz CT molecular complexity index is 1530. The first kappa shape index (κ1) is 27.1. The van der Waals surface area contributed by atoms with E-state index >= 15 is 0 Å². The van der Waals surface area contributed by atoms with E-state index in [1.54, 1.807) is 24.3 Å². The summed E-state index contributed by atoms with van der Waals surface area (Å²) >= 11 is 13.1. The second kappa shape index (κ2) is 10.8. The van der Waals surface area contributed by atoms with Crippen LogP contribution in [0.25, 0.3) is 22.0 Å². The highest BCUT2D eigenvalue weighted by atomic mass is 35.5. The zero-order valence-electron chi connectivity index (χ0n) is 20.2. The summed E-state index contributed by atoms with van der Waals surface area (Å²) in [6.07, 6.45) is -1.75. The van der Waals surface area contributed by atoms with Crippen LogP contribution in [0.2, 0.25) is 10.0 Å². The molecule has 0 amide bonds. The minimum absolute atomic E-state index is 0.0340. The van der Waals surface area contributed by atoms with Crippen molar-refractivity contribution in [3.05, 3.63) is 89.2 Å². The maximum atomic E-state index is 13.8. The maximum Gasteiger partial charge on any atom is 0.418 e. The molecular weight excluding hydrogens is 540 g/mol. The van der Waals surface area contributed by atoms with Gasteiger partial charge in [0.25, 0.3) is 0 Å². The first-order valence-electron chi connectivity index (χ1n) is 11.0. The van der Waals surface area contributed by atoms with E-state index in [4.69, 9.17) is 32.7 Å². The van der Waals surface area contributed by atoms with Crippen molar-refractivity contribution in [2.24, 2.45) is 0 Å². The second-order valence-corrected chi connectivity index (χ2v) is 8.71. The molecule has 0 bridgehead atoms. The maximum absolute atomic E-state index is 13.8. The molecule has 0 aliphatic carbocycles. The fourth-order valence-corrected chi connectivity index (χ4v) is 4.47. The van der Waals surface area contributed by atoms with Crippen molar-refractivity contribution in [1.29, 1.82) is 0 Å². The molecule has 0 unspecified atom stereocenters. The molecule has 0 aliphatic rings. The van der Waals surface area contributed by atoms with Crippen LogP contribution in [0.1, 0.15) is 5.56 Å². The smallest absolute Gasteiger partial charge is 0.418 e. The fraction of sp³-hybridized carbons (Fsp3) is 0.111. The number of allylic oxidation sites excluding steroid dienone is 1. The van der Waals surface area contributed by atoms with E-state index in [2.05, 4.69) is 33.8 Å². The summed E-state index contributed by atoms with van der Waals surface area (Å²) in [6, 6.07) is 10.5. The third-order valence-corrected chi connectivity index (χ3v) is 6.34. The monoisotopic (exact) mass is 560 g/mol. The molecule has 3 aromatic carbocycles. The zero-order valence-corrected chi connectivity index (χ0v) is 21.7. The van der Waals surface area contributed by atoms with Crippen LogP contribution in [0, 0.1) is 0 Å². The SMILES string of the molecule is C=CC(=C)Nc1cccc(C(F)(F)F)c1Nc1ncc2cc(-c3c(Cl)c(OC)cc(OC)c3Cl)ccc2n1. The van der Waals surface area contributed by atoms with Crippen molar-refractivity contribution < 1.29 is 22.6 Å². The minimum Gasteiger partial charge on any atom is -0.495 e. The number of para-hydroxylation sites is 1. The van der Waals surface area contributed by atoms with Gasteiger partial charge in [-0.25, -0.2) is 9.97 Å². The molecule has 1 heterocycles. The van der Waals surface area contributed by atoms with Gasteiger partial charge in [-0.1, -0.05) is 48.5 Å². The molecule has 1 aromatic heterocycles. The van der Waals surface area contributed by atoms with Crippen molar-refractivity contribution >= 4 is 51.4 Å². The normalized spacial score (nSPS) is 11.2.